The predicted octanol–water partition coefficient (Wildman–Crippen LogP) is 5.22. The van der Waals surface area contributed by atoms with E-state index >= 15 is 0 Å². The average molecular weight is 453 g/mol. The van der Waals surface area contributed by atoms with E-state index in [1.54, 1.807) is 0 Å². The first-order chi connectivity index (χ1) is 13.0. The minimum atomic E-state index is 0. The fourth-order valence-corrected chi connectivity index (χ4v) is 4.06. The zero-order valence-electron chi connectivity index (χ0n) is 15.2. The SMILES string of the molecule is CN1CC2=C(NC(=S)NC2c2ccc(Cl)cc2)/C(=C/c2ccc(Cl)cc2)C1.Cl. The molecule has 4 rings (SSSR count). The predicted molar refractivity (Wildman–Crippen MR) is 124 cm³/mol. The minimum Gasteiger partial charge on any atom is -0.352 e. The molecule has 2 N–H and O–H groups in total. The van der Waals surface area contributed by atoms with Crippen molar-refractivity contribution in [3.8, 4) is 0 Å². The Labute approximate surface area is 186 Å². The molecule has 0 fully saturated rings. The Hall–Kier alpha value is -1.56. The van der Waals surface area contributed by atoms with Crippen LogP contribution in [0.5, 0.6) is 0 Å². The van der Waals surface area contributed by atoms with Crippen LogP contribution in [-0.2, 0) is 0 Å². The van der Waals surface area contributed by atoms with Gasteiger partial charge < -0.3 is 10.6 Å². The fourth-order valence-electron chi connectivity index (χ4n) is 3.58. The van der Waals surface area contributed by atoms with Gasteiger partial charge in [-0.25, -0.2) is 0 Å². The van der Waals surface area contributed by atoms with Gasteiger partial charge in [-0.1, -0.05) is 47.5 Å². The van der Waals surface area contributed by atoms with Gasteiger partial charge in [0, 0.05) is 28.8 Å². The molecular weight excluding hydrogens is 433 g/mol. The molecule has 0 spiro atoms. The third kappa shape index (κ3) is 4.53. The van der Waals surface area contributed by atoms with Crippen LogP contribution in [0.4, 0.5) is 0 Å². The van der Waals surface area contributed by atoms with Gasteiger partial charge in [-0.2, -0.15) is 0 Å². The van der Waals surface area contributed by atoms with Crippen LogP contribution in [0.1, 0.15) is 17.2 Å². The summed E-state index contributed by atoms with van der Waals surface area (Å²) < 4.78 is 0. The Morgan fingerprint density at radius 3 is 2.25 bits per heavy atom. The van der Waals surface area contributed by atoms with Crippen molar-refractivity contribution in [1.29, 1.82) is 0 Å². The lowest BCUT2D eigenvalue weighted by atomic mass is 9.89. The Bertz CT molecular complexity index is 936. The van der Waals surface area contributed by atoms with Crippen molar-refractivity contribution in [2.75, 3.05) is 20.1 Å². The van der Waals surface area contributed by atoms with Crippen molar-refractivity contribution in [3.63, 3.8) is 0 Å². The number of halogens is 3. The van der Waals surface area contributed by atoms with Crippen LogP contribution in [0.25, 0.3) is 6.08 Å². The molecule has 7 heteroatoms. The summed E-state index contributed by atoms with van der Waals surface area (Å²) in [6.45, 7) is 1.72. The van der Waals surface area contributed by atoms with E-state index in [4.69, 9.17) is 35.4 Å². The van der Waals surface area contributed by atoms with Crippen molar-refractivity contribution >= 4 is 59.0 Å². The van der Waals surface area contributed by atoms with Crippen LogP contribution in [0.15, 0.2) is 65.4 Å². The maximum atomic E-state index is 6.07. The molecule has 0 bridgehead atoms. The van der Waals surface area contributed by atoms with Gasteiger partial charge in [0.05, 0.1) is 6.04 Å². The lowest BCUT2D eigenvalue weighted by molar-refractivity contribution is 0.364. The summed E-state index contributed by atoms with van der Waals surface area (Å²) in [5.41, 5.74) is 5.87. The molecule has 1 atom stereocenters. The van der Waals surface area contributed by atoms with Crippen molar-refractivity contribution in [3.05, 3.63) is 86.5 Å². The molecule has 0 saturated carbocycles. The van der Waals surface area contributed by atoms with Crippen LogP contribution >= 0.6 is 47.8 Å². The molecule has 0 radical (unpaired) electrons. The molecule has 146 valence electrons. The topological polar surface area (TPSA) is 27.3 Å². The number of likely N-dealkylation sites (N-methyl/N-ethyl adjacent to an activating group) is 1. The number of nitrogens with one attached hydrogen (secondary N) is 2. The molecular formula is C21H20Cl3N3S. The summed E-state index contributed by atoms with van der Waals surface area (Å²) in [5, 5.41) is 8.90. The highest BCUT2D eigenvalue weighted by Crippen LogP contribution is 2.34. The second-order valence-corrected chi connectivity index (χ2v) is 8.16. The average Bonchev–Trinajstić information content (AvgIpc) is 2.64. The van der Waals surface area contributed by atoms with Gasteiger partial charge in [-0.15, -0.1) is 12.4 Å². The second kappa shape index (κ2) is 8.85. The lowest BCUT2D eigenvalue weighted by Gasteiger charge is -2.39. The quantitative estimate of drug-likeness (QED) is 0.611. The third-order valence-electron chi connectivity index (χ3n) is 4.80. The van der Waals surface area contributed by atoms with Gasteiger partial charge in [0.25, 0.3) is 0 Å². The number of thiocarbonyl (C=S) groups is 1. The van der Waals surface area contributed by atoms with Gasteiger partial charge in [-0.05, 0) is 71.9 Å². The Morgan fingerprint density at radius 2 is 1.61 bits per heavy atom. The Morgan fingerprint density at radius 1 is 1.00 bits per heavy atom. The molecule has 0 aliphatic carbocycles. The van der Waals surface area contributed by atoms with Crippen molar-refractivity contribution in [1.82, 2.24) is 15.5 Å². The highest BCUT2D eigenvalue weighted by atomic mass is 35.5. The van der Waals surface area contributed by atoms with Crippen molar-refractivity contribution in [2.45, 2.75) is 6.04 Å². The van der Waals surface area contributed by atoms with Gasteiger partial charge in [0.2, 0.25) is 0 Å². The zero-order chi connectivity index (χ0) is 19.0. The number of benzene rings is 2. The van der Waals surface area contributed by atoms with Crippen LogP contribution in [0.3, 0.4) is 0 Å². The van der Waals surface area contributed by atoms with E-state index in [1.165, 1.54) is 11.1 Å². The fraction of sp³-hybridized carbons (Fsp3) is 0.190. The molecule has 0 amide bonds. The number of rotatable bonds is 2. The number of hydrogen-bond acceptors (Lipinski definition) is 2. The van der Waals surface area contributed by atoms with Crippen molar-refractivity contribution in [2.24, 2.45) is 0 Å². The molecule has 1 unspecified atom stereocenters. The summed E-state index contributed by atoms with van der Waals surface area (Å²) in [7, 11) is 2.13. The van der Waals surface area contributed by atoms with Crippen LogP contribution in [0.2, 0.25) is 10.0 Å². The Kier molecular flexibility index (Phi) is 6.69. The first-order valence-electron chi connectivity index (χ1n) is 8.70. The normalized spacial score (nSPS) is 20.9. The maximum absolute atomic E-state index is 6.07. The van der Waals surface area contributed by atoms with Gasteiger partial charge in [-0.3, -0.25) is 4.90 Å². The van der Waals surface area contributed by atoms with Gasteiger partial charge >= 0.3 is 0 Å². The van der Waals surface area contributed by atoms with E-state index in [-0.39, 0.29) is 18.4 Å². The molecule has 28 heavy (non-hydrogen) atoms. The van der Waals surface area contributed by atoms with Crippen LogP contribution in [-0.4, -0.2) is 30.1 Å². The summed E-state index contributed by atoms with van der Waals surface area (Å²) >= 11 is 17.6. The van der Waals surface area contributed by atoms with E-state index in [0.717, 1.165) is 40.0 Å². The standard InChI is InChI=1S/C21H19Cl2N3S.ClH/c1-26-11-15(10-13-2-6-16(22)7-3-13)20-18(12-26)19(24-21(27)25-20)14-4-8-17(23)9-5-14;/h2-10,19H,11-12H2,1H3,(H2,24,25,27);1H/b15-10+;. The number of hydrogen-bond donors (Lipinski definition) is 2. The van der Waals surface area contributed by atoms with Gasteiger partial charge in [0.15, 0.2) is 5.11 Å². The molecule has 2 aliphatic heterocycles. The second-order valence-electron chi connectivity index (χ2n) is 6.88. The Balaban J connectivity index is 0.00000225. The monoisotopic (exact) mass is 451 g/mol. The molecule has 3 nitrogen and oxygen atoms in total. The first-order valence-corrected chi connectivity index (χ1v) is 9.87. The highest BCUT2D eigenvalue weighted by Gasteiger charge is 2.32. The largest absolute Gasteiger partial charge is 0.352 e. The molecule has 0 saturated heterocycles. The highest BCUT2D eigenvalue weighted by molar-refractivity contribution is 7.80. The molecule has 2 aliphatic rings. The van der Waals surface area contributed by atoms with E-state index in [0.29, 0.717) is 5.11 Å². The maximum Gasteiger partial charge on any atom is 0.171 e. The molecule has 2 aromatic carbocycles. The van der Waals surface area contributed by atoms with Crippen LogP contribution < -0.4 is 10.6 Å². The number of nitrogens with zero attached hydrogens (tertiary/aromatic N) is 1. The van der Waals surface area contributed by atoms with Crippen LogP contribution in [0, 0.1) is 0 Å². The smallest absolute Gasteiger partial charge is 0.171 e. The van der Waals surface area contributed by atoms with E-state index in [2.05, 4.69) is 40.8 Å². The van der Waals surface area contributed by atoms with E-state index in [9.17, 15) is 0 Å². The van der Waals surface area contributed by atoms with Crippen molar-refractivity contribution < 1.29 is 0 Å². The summed E-state index contributed by atoms with van der Waals surface area (Å²) in [4.78, 5) is 2.31. The first kappa shape index (κ1) is 21.2. The van der Waals surface area contributed by atoms with E-state index in [1.807, 2.05) is 36.4 Å². The molecule has 2 aromatic rings. The zero-order valence-corrected chi connectivity index (χ0v) is 18.4. The third-order valence-corrected chi connectivity index (χ3v) is 5.52. The summed E-state index contributed by atoms with van der Waals surface area (Å²) in [6, 6.07) is 15.8. The minimum absolute atomic E-state index is 0. The van der Waals surface area contributed by atoms with E-state index < -0.39 is 0 Å². The van der Waals surface area contributed by atoms with Gasteiger partial charge in [0.1, 0.15) is 0 Å². The summed E-state index contributed by atoms with van der Waals surface area (Å²) in [6.07, 6.45) is 2.20. The molecule has 2 heterocycles. The molecule has 0 aromatic heterocycles. The lowest BCUT2D eigenvalue weighted by Crippen LogP contribution is -2.49. The summed E-state index contributed by atoms with van der Waals surface area (Å²) in [5.74, 6) is 0.